The number of anilines is 2. The summed E-state index contributed by atoms with van der Waals surface area (Å²) < 4.78 is 0. The maximum absolute atomic E-state index is 11.5. The number of amides is 2. The molecule has 0 saturated carbocycles. The van der Waals surface area contributed by atoms with Gasteiger partial charge in [0.25, 0.3) is 5.24 Å². The van der Waals surface area contributed by atoms with E-state index < -0.39 is 0 Å². The van der Waals surface area contributed by atoms with E-state index >= 15 is 0 Å². The van der Waals surface area contributed by atoms with Gasteiger partial charge in [0.1, 0.15) is 0 Å². The summed E-state index contributed by atoms with van der Waals surface area (Å²) in [5.74, 6) is 0.621. The predicted octanol–water partition coefficient (Wildman–Crippen LogP) is 3.57. The Morgan fingerprint density at radius 1 is 1.22 bits per heavy atom. The topological polar surface area (TPSA) is 58.2 Å². The van der Waals surface area contributed by atoms with E-state index in [1.807, 2.05) is 20.8 Å². The van der Waals surface area contributed by atoms with E-state index in [1.54, 1.807) is 24.3 Å². The van der Waals surface area contributed by atoms with Crippen molar-refractivity contribution in [1.29, 1.82) is 0 Å². The van der Waals surface area contributed by atoms with Gasteiger partial charge < -0.3 is 10.6 Å². The molecule has 0 radical (unpaired) electrons. The molecule has 0 atom stereocenters. The van der Waals surface area contributed by atoms with Crippen molar-refractivity contribution in [2.24, 2.45) is 5.92 Å². The second-order valence-electron chi connectivity index (χ2n) is 4.07. The van der Waals surface area contributed by atoms with Crippen LogP contribution in [0.2, 0.25) is 0 Å². The summed E-state index contributed by atoms with van der Waals surface area (Å²) in [5, 5.41) is 5.46. The summed E-state index contributed by atoms with van der Waals surface area (Å²) in [6.45, 7) is 5.58. The lowest BCUT2D eigenvalue weighted by atomic mass is 10.2. The minimum Gasteiger partial charge on any atom is -0.326 e. The normalized spacial score (nSPS) is 10.2. The first-order valence-corrected chi connectivity index (χ1v) is 6.86. The second-order valence-corrected chi connectivity index (χ2v) is 5.31. The standard InChI is InChI=1S/C13H18N2O2S/c1-4-18-13(17)15-11-7-5-6-10(8-11)14-12(16)9(2)3/h5-9H,4H2,1-3H3,(H,14,16)(H,15,17). The van der Waals surface area contributed by atoms with Crippen LogP contribution in [0.1, 0.15) is 20.8 Å². The maximum atomic E-state index is 11.5. The van der Waals surface area contributed by atoms with E-state index in [2.05, 4.69) is 10.6 Å². The summed E-state index contributed by atoms with van der Waals surface area (Å²) >= 11 is 1.21. The Morgan fingerprint density at radius 2 is 1.83 bits per heavy atom. The molecule has 0 fully saturated rings. The van der Waals surface area contributed by atoms with Crippen LogP contribution >= 0.6 is 11.8 Å². The van der Waals surface area contributed by atoms with Crippen LogP contribution in [0.5, 0.6) is 0 Å². The molecule has 0 heterocycles. The highest BCUT2D eigenvalue weighted by Crippen LogP contribution is 2.17. The van der Waals surface area contributed by atoms with Gasteiger partial charge in [-0.1, -0.05) is 38.6 Å². The highest BCUT2D eigenvalue weighted by Gasteiger charge is 2.07. The molecule has 5 heteroatoms. The van der Waals surface area contributed by atoms with Gasteiger partial charge in [0, 0.05) is 17.3 Å². The van der Waals surface area contributed by atoms with Crippen LogP contribution in [0.25, 0.3) is 0 Å². The van der Waals surface area contributed by atoms with Crippen molar-refractivity contribution in [3.63, 3.8) is 0 Å². The average Bonchev–Trinajstić information content (AvgIpc) is 2.29. The van der Waals surface area contributed by atoms with E-state index in [1.165, 1.54) is 11.8 Å². The Hall–Kier alpha value is -1.49. The number of carbonyl (C=O) groups is 2. The quantitative estimate of drug-likeness (QED) is 0.876. The molecule has 98 valence electrons. The minimum atomic E-state index is -0.0927. The van der Waals surface area contributed by atoms with E-state index in [0.717, 1.165) is 5.75 Å². The van der Waals surface area contributed by atoms with Crippen LogP contribution in [0.3, 0.4) is 0 Å². The summed E-state index contributed by atoms with van der Waals surface area (Å²) in [5.41, 5.74) is 1.37. The molecule has 0 saturated heterocycles. The van der Waals surface area contributed by atoms with E-state index in [-0.39, 0.29) is 17.1 Å². The lowest BCUT2D eigenvalue weighted by Crippen LogP contribution is -2.17. The summed E-state index contributed by atoms with van der Waals surface area (Å²) in [6.07, 6.45) is 0. The average molecular weight is 266 g/mol. The molecule has 1 aromatic carbocycles. The molecular weight excluding hydrogens is 248 g/mol. The summed E-state index contributed by atoms with van der Waals surface area (Å²) in [4.78, 5) is 23.0. The number of carbonyl (C=O) groups excluding carboxylic acids is 2. The highest BCUT2D eigenvalue weighted by molar-refractivity contribution is 8.13. The Kier molecular flexibility index (Phi) is 5.71. The third-order valence-electron chi connectivity index (χ3n) is 2.18. The third-order valence-corrected chi connectivity index (χ3v) is 2.83. The molecule has 0 aliphatic rings. The molecule has 4 nitrogen and oxygen atoms in total. The second kappa shape index (κ2) is 7.06. The van der Waals surface area contributed by atoms with Crippen molar-refractivity contribution in [2.45, 2.75) is 20.8 Å². The molecule has 18 heavy (non-hydrogen) atoms. The van der Waals surface area contributed by atoms with Crippen molar-refractivity contribution in [3.05, 3.63) is 24.3 Å². The number of hydrogen-bond donors (Lipinski definition) is 2. The van der Waals surface area contributed by atoms with Crippen molar-refractivity contribution < 1.29 is 9.59 Å². The SMILES string of the molecule is CCSC(=O)Nc1cccc(NC(=O)C(C)C)c1. The highest BCUT2D eigenvalue weighted by atomic mass is 32.2. The monoisotopic (exact) mass is 266 g/mol. The van der Waals surface area contributed by atoms with Crippen molar-refractivity contribution in [3.8, 4) is 0 Å². The zero-order valence-corrected chi connectivity index (χ0v) is 11.6. The first kappa shape index (κ1) is 14.6. The molecule has 1 aromatic rings. The van der Waals surface area contributed by atoms with Crippen molar-refractivity contribution >= 4 is 34.3 Å². The van der Waals surface area contributed by atoms with Gasteiger partial charge >= 0.3 is 0 Å². The van der Waals surface area contributed by atoms with Gasteiger partial charge in [-0.25, -0.2) is 0 Å². The fourth-order valence-corrected chi connectivity index (χ4v) is 1.70. The lowest BCUT2D eigenvalue weighted by Gasteiger charge is -2.09. The number of benzene rings is 1. The molecule has 0 aliphatic heterocycles. The minimum absolute atomic E-state index is 0.0404. The first-order chi connectivity index (χ1) is 8.52. The molecule has 2 N–H and O–H groups in total. The van der Waals surface area contributed by atoms with Gasteiger partial charge in [-0.05, 0) is 24.0 Å². The predicted molar refractivity (Wildman–Crippen MR) is 77.1 cm³/mol. The molecule has 0 aliphatic carbocycles. The fourth-order valence-electron chi connectivity index (χ4n) is 1.25. The van der Waals surface area contributed by atoms with Crippen LogP contribution in [-0.2, 0) is 4.79 Å². The molecule has 1 rings (SSSR count). The van der Waals surface area contributed by atoms with Crippen LogP contribution in [0.4, 0.5) is 16.2 Å². The molecule has 0 aromatic heterocycles. The molecule has 2 amide bonds. The number of nitrogens with one attached hydrogen (secondary N) is 2. The van der Waals surface area contributed by atoms with Crippen LogP contribution < -0.4 is 10.6 Å². The Labute approximate surface area is 112 Å². The van der Waals surface area contributed by atoms with E-state index in [4.69, 9.17) is 0 Å². The van der Waals surface area contributed by atoms with Crippen molar-refractivity contribution in [2.75, 3.05) is 16.4 Å². The zero-order valence-electron chi connectivity index (χ0n) is 10.8. The molecular formula is C13H18N2O2S. The van der Waals surface area contributed by atoms with Gasteiger partial charge in [0.05, 0.1) is 0 Å². The van der Waals surface area contributed by atoms with Crippen molar-refractivity contribution in [1.82, 2.24) is 0 Å². The maximum Gasteiger partial charge on any atom is 0.283 e. The van der Waals surface area contributed by atoms with Gasteiger partial charge in [-0.2, -0.15) is 0 Å². The Balaban J connectivity index is 2.67. The summed E-state index contributed by atoms with van der Waals surface area (Å²) in [6, 6.07) is 7.12. The van der Waals surface area contributed by atoms with Crippen LogP contribution in [0.15, 0.2) is 24.3 Å². The van der Waals surface area contributed by atoms with Gasteiger partial charge in [-0.3, -0.25) is 9.59 Å². The number of rotatable bonds is 4. The Morgan fingerprint density at radius 3 is 2.39 bits per heavy atom. The lowest BCUT2D eigenvalue weighted by molar-refractivity contribution is -0.118. The van der Waals surface area contributed by atoms with Crippen LogP contribution in [0, 0.1) is 5.92 Å². The van der Waals surface area contributed by atoms with Crippen LogP contribution in [-0.4, -0.2) is 16.9 Å². The smallest absolute Gasteiger partial charge is 0.283 e. The number of thioether (sulfide) groups is 1. The Bertz CT molecular complexity index is 433. The van der Waals surface area contributed by atoms with E-state index in [0.29, 0.717) is 11.4 Å². The summed E-state index contributed by atoms with van der Waals surface area (Å²) in [7, 11) is 0. The number of hydrogen-bond acceptors (Lipinski definition) is 3. The first-order valence-electron chi connectivity index (χ1n) is 5.87. The fraction of sp³-hybridized carbons (Fsp3) is 0.385. The largest absolute Gasteiger partial charge is 0.326 e. The van der Waals surface area contributed by atoms with Gasteiger partial charge in [-0.15, -0.1) is 0 Å². The third kappa shape index (κ3) is 4.79. The zero-order chi connectivity index (χ0) is 13.5. The van der Waals surface area contributed by atoms with E-state index in [9.17, 15) is 9.59 Å². The molecule has 0 unspecified atom stereocenters. The van der Waals surface area contributed by atoms with Gasteiger partial charge in [0.2, 0.25) is 5.91 Å². The molecule has 0 bridgehead atoms. The molecule has 0 spiro atoms. The van der Waals surface area contributed by atoms with Gasteiger partial charge in [0.15, 0.2) is 0 Å².